The molecule has 2 heterocycles. The summed E-state index contributed by atoms with van der Waals surface area (Å²) < 4.78 is 9.48. The summed E-state index contributed by atoms with van der Waals surface area (Å²) >= 11 is 0. The zero-order valence-corrected chi connectivity index (χ0v) is 12.9. The van der Waals surface area contributed by atoms with Crippen LogP contribution in [0.25, 0.3) is 11.0 Å². The largest absolute Gasteiger partial charge is 0.450 e. The van der Waals surface area contributed by atoms with Crippen molar-refractivity contribution < 1.29 is 24.0 Å². The molecule has 1 saturated heterocycles. The number of carbonyl (C=O) groups excluding carboxylic acids is 1. The van der Waals surface area contributed by atoms with Gasteiger partial charge in [0, 0.05) is 37.4 Å². The Morgan fingerprint density at radius 2 is 2.12 bits per heavy atom. The Morgan fingerprint density at radius 1 is 1.42 bits per heavy atom. The van der Waals surface area contributed by atoms with Gasteiger partial charge in [-0.3, -0.25) is 14.7 Å². The van der Waals surface area contributed by atoms with Gasteiger partial charge in [0.1, 0.15) is 0 Å². The lowest BCUT2D eigenvalue weighted by atomic mass is 10.2. The second kappa shape index (κ2) is 6.18. The number of rotatable bonds is 3. The van der Waals surface area contributed by atoms with Crippen molar-refractivity contribution in [1.82, 2.24) is 10.1 Å². The van der Waals surface area contributed by atoms with E-state index in [0.29, 0.717) is 38.5 Å². The molecule has 0 aliphatic carbocycles. The van der Waals surface area contributed by atoms with Crippen LogP contribution in [-0.2, 0) is 4.74 Å². The lowest BCUT2D eigenvalue weighted by molar-refractivity contribution is -0.783. The van der Waals surface area contributed by atoms with E-state index in [1.807, 2.05) is 4.90 Å². The van der Waals surface area contributed by atoms with E-state index in [1.54, 1.807) is 11.8 Å². The molecule has 1 aliphatic heterocycles. The molecule has 1 fully saturated rings. The van der Waals surface area contributed by atoms with Crippen LogP contribution in [0.1, 0.15) is 6.92 Å². The van der Waals surface area contributed by atoms with Gasteiger partial charge >= 0.3 is 17.3 Å². The predicted molar refractivity (Wildman–Crippen MR) is 80.4 cm³/mol. The number of nitro groups is 1. The Kier molecular flexibility index (Phi) is 4.06. The van der Waals surface area contributed by atoms with E-state index in [9.17, 15) is 20.1 Å². The number of piperazine rings is 1. The van der Waals surface area contributed by atoms with E-state index in [1.165, 1.54) is 12.1 Å². The highest BCUT2D eigenvalue weighted by Gasteiger charge is 2.30. The van der Waals surface area contributed by atoms with Crippen molar-refractivity contribution in [3.8, 4) is 0 Å². The second-order valence-electron chi connectivity index (χ2n) is 5.16. The molecule has 11 heteroatoms. The number of benzene rings is 1. The van der Waals surface area contributed by atoms with Crippen LogP contribution in [0.15, 0.2) is 16.8 Å². The monoisotopic (exact) mass is 337 g/mol. The van der Waals surface area contributed by atoms with E-state index in [0.717, 1.165) is 0 Å². The van der Waals surface area contributed by atoms with Crippen LogP contribution >= 0.6 is 0 Å². The number of amides is 1. The van der Waals surface area contributed by atoms with Crippen LogP contribution in [-0.4, -0.2) is 53.9 Å². The smallest absolute Gasteiger partial charge is 0.409 e. The van der Waals surface area contributed by atoms with Gasteiger partial charge in [-0.25, -0.2) is 4.79 Å². The summed E-state index contributed by atoms with van der Waals surface area (Å²) in [5, 5.41) is 26.3. The molecule has 11 nitrogen and oxygen atoms in total. The molecular weight excluding hydrogens is 322 g/mol. The Bertz CT molecular complexity index is 782. The number of fused-ring (bicyclic) bond motifs is 1. The van der Waals surface area contributed by atoms with E-state index < -0.39 is 4.92 Å². The quantitative estimate of drug-likeness (QED) is 0.453. The summed E-state index contributed by atoms with van der Waals surface area (Å²) in [6, 6.07) is 2.78. The van der Waals surface area contributed by atoms with Crippen LogP contribution in [0.5, 0.6) is 0 Å². The molecule has 0 N–H and O–H groups in total. The maximum Gasteiger partial charge on any atom is 0.409 e. The minimum atomic E-state index is -0.656. The highest BCUT2D eigenvalue weighted by Crippen LogP contribution is 2.30. The summed E-state index contributed by atoms with van der Waals surface area (Å²) in [7, 11) is 0. The molecule has 128 valence electrons. The molecule has 3 rings (SSSR count). The summed E-state index contributed by atoms with van der Waals surface area (Å²) in [5.74, 6) is 0. The van der Waals surface area contributed by atoms with Crippen LogP contribution in [0, 0.1) is 15.3 Å². The summed E-state index contributed by atoms with van der Waals surface area (Å²) in [5.41, 5.74) is 0.0988. The lowest BCUT2D eigenvalue weighted by Gasteiger charge is -2.34. The molecule has 0 bridgehead atoms. The van der Waals surface area contributed by atoms with E-state index in [-0.39, 0.29) is 27.7 Å². The SMILES string of the molecule is CCOC(=O)N1CCN(c2ccc([N+](=O)[O-])c3c2no[n+]3[O-])CC1. The Balaban J connectivity index is 1.86. The number of aromatic nitrogens is 2. The van der Waals surface area contributed by atoms with Gasteiger partial charge in [-0.2, -0.15) is 0 Å². The first-order chi connectivity index (χ1) is 11.5. The molecular formula is C13H15N5O6. The Labute approximate surface area is 135 Å². The fraction of sp³-hybridized carbons (Fsp3) is 0.462. The number of nitro benzene ring substituents is 1. The number of ether oxygens (including phenoxy) is 1. The van der Waals surface area contributed by atoms with Gasteiger partial charge in [0.25, 0.3) is 5.52 Å². The number of anilines is 1. The number of hydrogen-bond donors (Lipinski definition) is 0. The summed E-state index contributed by atoms with van der Waals surface area (Å²) in [6.45, 7) is 3.89. The second-order valence-corrected chi connectivity index (χ2v) is 5.16. The number of non-ortho nitro benzene ring substituents is 1. The van der Waals surface area contributed by atoms with Crippen LogP contribution in [0.3, 0.4) is 0 Å². The molecule has 1 aromatic carbocycles. The van der Waals surface area contributed by atoms with Gasteiger partial charge in [-0.1, -0.05) is 0 Å². The van der Waals surface area contributed by atoms with Gasteiger partial charge in [0.2, 0.25) is 0 Å². The molecule has 1 amide bonds. The third-order valence-corrected chi connectivity index (χ3v) is 3.84. The van der Waals surface area contributed by atoms with E-state index in [4.69, 9.17) is 4.74 Å². The number of nitrogens with zero attached hydrogens (tertiary/aromatic N) is 5. The van der Waals surface area contributed by atoms with Crippen molar-refractivity contribution in [2.75, 3.05) is 37.7 Å². The van der Waals surface area contributed by atoms with Gasteiger partial charge in [-0.15, -0.1) is 0 Å². The third kappa shape index (κ3) is 2.64. The molecule has 0 unspecified atom stereocenters. The fourth-order valence-electron chi connectivity index (χ4n) is 2.69. The Hall–Kier alpha value is -3.11. The maximum absolute atomic E-state index is 11.7. The van der Waals surface area contributed by atoms with Crippen molar-refractivity contribution in [3.63, 3.8) is 0 Å². The van der Waals surface area contributed by atoms with Crippen molar-refractivity contribution in [3.05, 3.63) is 27.5 Å². The molecule has 0 saturated carbocycles. The first-order valence-corrected chi connectivity index (χ1v) is 7.36. The topological polar surface area (TPSA) is 129 Å². The molecule has 2 aromatic rings. The molecule has 0 atom stereocenters. The molecule has 1 aromatic heterocycles. The molecule has 0 spiro atoms. The van der Waals surface area contributed by atoms with Gasteiger partial charge in [0.05, 0.1) is 17.2 Å². The minimum absolute atomic E-state index is 0.0336. The lowest BCUT2D eigenvalue weighted by Crippen LogP contribution is -2.49. The maximum atomic E-state index is 11.7. The zero-order chi connectivity index (χ0) is 17.3. The Morgan fingerprint density at radius 3 is 2.75 bits per heavy atom. The average molecular weight is 337 g/mol. The highest BCUT2D eigenvalue weighted by molar-refractivity contribution is 5.92. The predicted octanol–water partition coefficient (Wildman–Crippen LogP) is 0.648. The van der Waals surface area contributed by atoms with Gasteiger partial charge in [-0.05, 0) is 17.9 Å². The van der Waals surface area contributed by atoms with Crippen molar-refractivity contribution in [1.29, 1.82) is 0 Å². The van der Waals surface area contributed by atoms with Gasteiger partial charge < -0.3 is 19.7 Å². The van der Waals surface area contributed by atoms with Crippen molar-refractivity contribution in [2.45, 2.75) is 6.92 Å². The molecule has 24 heavy (non-hydrogen) atoms. The highest BCUT2D eigenvalue weighted by atomic mass is 16.8. The minimum Gasteiger partial charge on any atom is -0.450 e. The normalized spacial score (nSPS) is 14.9. The fourth-order valence-corrected chi connectivity index (χ4v) is 2.69. The van der Waals surface area contributed by atoms with Crippen LogP contribution in [0.2, 0.25) is 0 Å². The van der Waals surface area contributed by atoms with E-state index in [2.05, 4.69) is 9.79 Å². The summed E-state index contributed by atoms with van der Waals surface area (Å²) in [6.07, 6.45) is -0.371. The van der Waals surface area contributed by atoms with Gasteiger partial charge in [0.15, 0.2) is 0 Å². The third-order valence-electron chi connectivity index (χ3n) is 3.84. The number of hydrogen-bond acceptors (Lipinski definition) is 8. The van der Waals surface area contributed by atoms with E-state index >= 15 is 0 Å². The summed E-state index contributed by atoms with van der Waals surface area (Å²) in [4.78, 5) is 25.6. The molecule has 1 aliphatic rings. The van der Waals surface area contributed by atoms with Crippen LogP contribution < -0.4 is 9.80 Å². The van der Waals surface area contributed by atoms with Crippen molar-refractivity contribution in [2.24, 2.45) is 0 Å². The molecule has 0 radical (unpaired) electrons. The first-order valence-electron chi connectivity index (χ1n) is 7.36. The number of carbonyl (C=O) groups is 1. The standard InChI is InChI=1S/C13H15N5O6/c1-2-23-13(19)16-7-5-15(6-8-16)9-3-4-10(17(20)21)12-11(9)14-24-18(12)22/h3-4H,2,5-8H2,1H3. The first kappa shape index (κ1) is 15.8. The zero-order valence-electron chi connectivity index (χ0n) is 12.9. The van der Waals surface area contributed by atoms with Crippen LogP contribution in [0.4, 0.5) is 16.2 Å². The van der Waals surface area contributed by atoms with Crippen molar-refractivity contribution >= 4 is 28.5 Å². The average Bonchev–Trinajstić information content (AvgIpc) is 2.96.